The van der Waals surface area contributed by atoms with E-state index in [-0.39, 0.29) is 12.1 Å². The van der Waals surface area contributed by atoms with Gasteiger partial charge in [0.25, 0.3) is 0 Å². The first-order chi connectivity index (χ1) is 29.8. The van der Waals surface area contributed by atoms with Gasteiger partial charge in [-0.3, -0.25) is 0 Å². The maximum Gasteiger partial charge on any atom is 0.244 e. The molecule has 2 aliphatic rings. The lowest BCUT2D eigenvalue weighted by molar-refractivity contribution is 0.591. The molecule has 5 heteroatoms. The van der Waals surface area contributed by atoms with E-state index in [0.717, 1.165) is 22.4 Å². The molecule has 4 nitrogen and oxygen atoms in total. The highest BCUT2D eigenvalue weighted by Crippen LogP contribution is 2.46. The van der Waals surface area contributed by atoms with Gasteiger partial charge < -0.3 is 9.13 Å². The molecule has 0 saturated heterocycles. The molecule has 0 fully saturated rings. The molecule has 0 aliphatic carbocycles. The van der Waals surface area contributed by atoms with Crippen LogP contribution >= 0.6 is 0 Å². The van der Waals surface area contributed by atoms with Gasteiger partial charge in [0, 0.05) is 43.7 Å². The molecular formula is C56H35BN4. The van der Waals surface area contributed by atoms with E-state index in [9.17, 15) is 10.5 Å². The van der Waals surface area contributed by atoms with Gasteiger partial charge in [0.1, 0.15) is 0 Å². The molecule has 4 heterocycles. The molecule has 0 N–H and O–H groups in total. The monoisotopic (exact) mass is 774 g/mol. The Labute approximate surface area is 352 Å². The van der Waals surface area contributed by atoms with Crippen molar-refractivity contribution in [3.05, 3.63) is 174 Å². The standard InChI is InChI=1S/C56H35BN4/c1-56(2,3)34-26-43-39-12-8-14-41-51(39)47(28-45-37-10-4-6-16-49(37)60(54(41)45)35-22-18-32(30-58)19-23-35)57-48-29-46-38-11-5-7-17-50(38)61(36-24-20-33(31-59)21-25-36)55(46)42-15-9-13-40(52(42)48)44(27-34)53(43)57/h4-29H,1-3H3. The summed E-state index contributed by atoms with van der Waals surface area (Å²) in [5.41, 5.74) is 18.5. The van der Waals surface area contributed by atoms with Gasteiger partial charge in [0.2, 0.25) is 6.71 Å². The highest BCUT2D eigenvalue weighted by Gasteiger charge is 2.41. The van der Waals surface area contributed by atoms with Crippen molar-refractivity contribution in [2.75, 3.05) is 0 Å². The fraction of sp³-hybridized carbons (Fsp3) is 0.0714. The minimum absolute atomic E-state index is 0.0170. The lowest BCUT2D eigenvalue weighted by Crippen LogP contribution is -2.57. The number of hydrogen-bond acceptors (Lipinski definition) is 2. The molecule has 0 unspecified atom stereocenters. The summed E-state index contributed by atoms with van der Waals surface area (Å²) in [6.45, 7) is 6.96. The highest BCUT2D eigenvalue weighted by molar-refractivity contribution is 7.01. The fourth-order valence-electron chi connectivity index (χ4n) is 11.1. The van der Waals surface area contributed by atoms with E-state index in [0.29, 0.717) is 11.1 Å². The van der Waals surface area contributed by atoms with Gasteiger partial charge in [0.15, 0.2) is 0 Å². The molecule has 11 aromatic rings. The summed E-state index contributed by atoms with van der Waals surface area (Å²) in [4.78, 5) is 0. The predicted octanol–water partition coefficient (Wildman–Crippen LogP) is 11.7. The first-order valence-electron chi connectivity index (χ1n) is 21.0. The van der Waals surface area contributed by atoms with E-state index in [4.69, 9.17) is 0 Å². The fourth-order valence-corrected chi connectivity index (χ4v) is 11.1. The van der Waals surface area contributed by atoms with Gasteiger partial charge in [-0.05, 0) is 105 Å². The summed E-state index contributed by atoms with van der Waals surface area (Å²) >= 11 is 0. The number of benzene rings is 9. The van der Waals surface area contributed by atoms with Gasteiger partial charge in [0.05, 0.1) is 45.3 Å². The summed E-state index contributed by atoms with van der Waals surface area (Å²) in [6.07, 6.45) is 0. The third-order valence-electron chi connectivity index (χ3n) is 13.7. The first kappa shape index (κ1) is 34.1. The van der Waals surface area contributed by atoms with Crippen molar-refractivity contribution in [3.8, 4) is 45.8 Å². The number of hydrogen-bond donors (Lipinski definition) is 0. The molecule has 61 heavy (non-hydrogen) atoms. The zero-order valence-electron chi connectivity index (χ0n) is 33.9. The molecule has 2 aromatic heterocycles. The maximum atomic E-state index is 9.69. The SMILES string of the molecule is CC(C)(C)c1cc2c3c(c1)-c1cccc4c1c(cc1c5ccccc5n(-c5ccc(C#N)cc5)c41)B3c1cc3c4ccccc4n(-c4ccc(C#N)cc4)c3c3cccc-2c13. The number of nitriles is 2. The minimum Gasteiger partial charge on any atom is -0.309 e. The summed E-state index contributed by atoms with van der Waals surface area (Å²) in [5, 5.41) is 29.3. The van der Waals surface area contributed by atoms with E-state index in [1.807, 2.05) is 24.3 Å². The number of rotatable bonds is 2. The van der Waals surface area contributed by atoms with Crippen LogP contribution in [0.3, 0.4) is 0 Å². The Bertz CT molecular complexity index is 3620. The third-order valence-corrected chi connectivity index (χ3v) is 13.7. The molecule has 2 aliphatic heterocycles. The molecule has 0 atom stereocenters. The van der Waals surface area contributed by atoms with Gasteiger partial charge in [-0.2, -0.15) is 10.5 Å². The molecule has 0 saturated carbocycles. The van der Waals surface area contributed by atoms with E-state index >= 15 is 0 Å². The largest absolute Gasteiger partial charge is 0.309 e. The minimum atomic E-state index is -0.0820. The maximum absolute atomic E-state index is 9.69. The Kier molecular flexibility index (Phi) is 6.63. The first-order valence-corrected chi connectivity index (χ1v) is 21.0. The van der Waals surface area contributed by atoms with E-state index in [1.54, 1.807) is 0 Å². The van der Waals surface area contributed by atoms with Crippen LogP contribution in [0.25, 0.3) is 98.8 Å². The molecule has 0 radical (unpaired) electrons. The van der Waals surface area contributed by atoms with Gasteiger partial charge in [-0.1, -0.05) is 134 Å². The van der Waals surface area contributed by atoms with E-state index < -0.39 is 0 Å². The van der Waals surface area contributed by atoms with Crippen molar-refractivity contribution >= 4 is 88.3 Å². The Morgan fingerprint density at radius 3 is 1.30 bits per heavy atom. The Morgan fingerprint density at radius 1 is 0.443 bits per heavy atom. The topological polar surface area (TPSA) is 57.4 Å². The van der Waals surface area contributed by atoms with Crippen LogP contribution in [0.1, 0.15) is 37.5 Å². The second-order valence-corrected chi connectivity index (χ2v) is 17.9. The molecule has 13 rings (SSSR count). The van der Waals surface area contributed by atoms with Crippen LogP contribution in [0.4, 0.5) is 0 Å². The zero-order chi connectivity index (χ0) is 40.9. The van der Waals surface area contributed by atoms with E-state index in [1.165, 1.54) is 98.3 Å². The molecule has 0 amide bonds. The van der Waals surface area contributed by atoms with Gasteiger partial charge in [-0.25, -0.2) is 0 Å². The van der Waals surface area contributed by atoms with Crippen LogP contribution in [0.15, 0.2) is 158 Å². The highest BCUT2D eigenvalue weighted by atomic mass is 15.0. The quantitative estimate of drug-likeness (QED) is 0.164. The van der Waals surface area contributed by atoms with Gasteiger partial charge in [-0.15, -0.1) is 0 Å². The predicted molar refractivity (Wildman–Crippen MR) is 254 cm³/mol. The van der Waals surface area contributed by atoms with Crippen molar-refractivity contribution in [2.24, 2.45) is 0 Å². The molecule has 0 bridgehead atoms. The van der Waals surface area contributed by atoms with Crippen molar-refractivity contribution in [1.29, 1.82) is 10.5 Å². The van der Waals surface area contributed by atoms with Crippen molar-refractivity contribution in [2.45, 2.75) is 26.2 Å². The molecule has 282 valence electrons. The summed E-state index contributed by atoms with van der Waals surface area (Å²) < 4.78 is 4.80. The number of nitrogens with zero attached hydrogens (tertiary/aromatic N) is 4. The van der Waals surface area contributed by atoms with Crippen molar-refractivity contribution in [1.82, 2.24) is 9.13 Å². The Hall–Kier alpha value is -7.86. The second-order valence-electron chi connectivity index (χ2n) is 17.9. The molecular weight excluding hydrogens is 739 g/mol. The van der Waals surface area contributed by atoms with Crippen LogP contribution in [0.2, 0.25) is 0 Å². The second kappa shape index (κ2) is 11.9. The number of aromatic nitrogens is 2. The van der Waals surface area contributed by atoms with Gasteiger partial charge >= 0.3 is 0 Å². The number of fused-ring (bicyclic) bond motifs is 12. The zero-order valence-corrected chi connectivity index (χ0v) is 33.9. The lowest BCUT2D eigenvalue weighted by Gasteiger charge is -2.36. The van der Waals surface area contributed by atoms with Crippen LogP contribution in [-0.2, 0) is 5.41 Å². The van der Waals surface area contributed by atoms with Crippen LogP contribution in [0.5, 0.6) is 0 Å². The lowest BCUT2D eigenvalue weighted by atomic mass is 9.31. The van der Waals surface area contributed by atoms with Crippen molar-refractivity contribution in [3.63, 3.8) is 0 Å². The smallest absolute Gasteiger partial charge is 0.244 e. The Morgan fingerprint density at radius 2 is 0.869 bits per heavy atom. The number of para-hydroxylation sites is 2. The van der Waals surface area contributed by atoms with E-state index in [2.05, 4.69) is 176 Å². The third kappa shape index (κ3) is 4.42. The van der Waals surface area contributed by atoms with Crippen molar-refractivity contribution < 1.29 is 0 Å². The summed E-state index contributed by atoms with van der Waals surface area (Å²) in [7, 11) is 0. The average Bonchev–Trinajstić information content (AvgIpc) is 3.81. The average molecular weight is 775 g/mol. The Balaban J connectivity index is 1.22. The summed E-state index contributed by atoms with van der Waals surface area (Å²) in [6, 6.07) is 62.0. The molecule has 0 spiro atoms. The molecule has 9 aromatic carbocycles. The van der Waals surface area contributed by atoms with Crippen LogP contribution < -0.4 is 16.4 Å². The summed E-state index contributed by atoms with van der Waals surface area (Å²) in [5.74, 6) is 0. The van der Waals surface area contributed by atoms with Crippen LogP contribution in [-0.4, -0.2) is 15.8 Å². The van der Waals surface area contributed by atoms with Crippen LogP contribution in [0, 0.1) is 22.7 Å². The normalized spacial score (nSPS) is 12.8.